The largest absolute Gasteiger partial charge is 0.388 e. The number of rotatable bonds is 8. The van der Waals surface area contributed by atoms with Crippen molar-refractivity contribution >= 4 is 28.0 Å². The van der Waals surface area contributed by atoms with Gasteiger partial charge in [0.25, 0.3) is 0 Å². The third kappa shape index (κ3) is 4.55. The van der Waals surface area contributed by atoms with Crippen LogP contribution < -0.4 is 10.6 Å². The molecule has 4 rings (SSSR count). The minimum absolute atomic E-state index is 0.754. The molecule has 4 aromatic rings. The molecular formula is C26H28N6. The second kappa shape index (κ2) is 9.08. The Balaban J connectivity index is 1.67. The molecule has 0 aliphatic heterocycles. The Bertz CT molecular complexity index is 1250. The number of nitrogens with zero attached hydrogens (tertiary/aromatic N) is 3. The Kier molecular flexibility index (Phi) is 6.05. The van der Waals surface area contributed by atoms with E-state index in [1.807, 2.05) is 51.7 Å². The van der Waals surface area contributed by atoms with Gasteiger partial charge in [-0.1, -0.05) is 19.2 Å². The lowest BCUT2D eigenvalue weighted by atomic mass is 9.97. The Morgan fingerprint density at radius 2 is 1.91 bits per heavy atom. The van der Waals surface area contributed by atoms with Gasteiger partial charge in [0.2, 0.25) is 0 Å². The number of pyridine rings is 2. The molecule has 0 amide bonds. The molecule has 0 radical (unpaired) electrons. The van der Waals surface area contributed by atoms with Crippen molar-refractivity contribution < 1.29 is 0 Å². The lowest BCUT2D eigenvalue weighted by Crippen LogP contribution is -2.18. The fourth-order valence-corrected chi connectivity index (χ4v) is 3.75. The molecule has 0 spiro atoms. The van der Waals surface area contributed by atoms with Gasteiger partial charge in [0, 0.05) is 59.8 Å². The van der Waals surface area contributed by atoms with Crippen LogP contribution >= 0.6 is 0 Å². The topological polar surface area (TPSA) is 68.9 Å². The molecule has 0 unspecified atom stereocenters. The zero-order valence-electron chi connectivity index (χ0n) is 18.7. The Morgan fingerprint density at radius 3 is 2.66 bits per heavy atom. The second-order valence-electron chi connectivity index (χ2n) is 8.04. The van der Waals surface area contributed by atoms with Gasteiger partial charge in [0.05, 0.1) is 22.9 Å². The molecule has 6 heteroatoms. The minimum Gasteiger partial charge on any atom is -0.388 e. The van der Waals surface area contributed by atoms with Crippen LogP contribution in [0.25, 0.3) is 27.7 Å². The van der Waals surface area contributed by atoms with Crippen LogP contribution in [-0.2, 0) is 0 Å². The average Bonchev–Trinajstić information content (AvgIpc) is 3.22. The highest BCUT2D eigenvalue weighted by atomic mass is 15.1. The molecule has 0 aliphatic carbocycles. The van der Waals surface area contributed by atoms with Gasteiger partial charge >= 0.3 is 0 Å². The van der Waals surface area contributed by atoms with Crippen molar-refractivity contribution in [3.8, 4) is 11.1 Å². The predicted octanol–water partition coefficient (Wildman–Crippen LogP) is 5.22. The number of hydrogen-bond acceptors (Lipinski definition) is 5. The first kappa shape index (κ1) is 21.3. The number of H-pyrrole nitrogens is 1. The molecule has 1 aromatic carbocycles. The highest BCUT2D eigenvalue weighted by Crippen LogP contribution is 2.33. The summed E-state index contributed by atoms with van der Waals surface area (Å²) in [6.45, 7) is 9.22. The number of aromatic nitrogens is 3. The number of likely N-dealkylation sites (N-methyl/N-ethyl adjacent to an activating group) is 1. The van der Waals surface area contributed by atoms with Crippen LogP contribution in [0.4, 0.5) is 11.4 Å². The van der Waals surface area contributed by atoms with Crippen molar-refractivity contribution in [2.45, 2.75) is 0 Å². The van der Waals surface area contributed by atoms with Gasteiger partial charge in [-0.25, -0.2) is 0 Å². The van der Waals surface area contributed by atoms with Crippen molar-refractivity contribution in [3.05, 3.63) is 91.2 Å². The van der Waals surface area contributed by atoms with E-state index in [9.17, 15) is 0 Å². The van der Waals surface area contributed by atoms with Crippen molar-refractivity contribution in [3.63, 3.8) is 0 Å². The minimum atomic E-state index is 0.754. The van der Waals surface area contributed by atoms with Crippen LogP contribution in [0.3, 0.4) is 0 Å². The molecule has 3 N–H and O–H groups in total. The first-order valence-corrected chi connectivity index (χ1v) is 10.4. The summed E-state index contributed by atoms with van der Waals surface area (Å²) in [5.74, 6) is 0. The molecule has 0 aliphatic rings. The summed E-state index contributed by atoms with van der Waals surface area (Å²) in [6, 6.07) is 14.4. The first-order valence-electron chi connectivity index (χ1n) is 10.4. The molecule has 6 nitrogen and oxygen atoms in total. The number of fused-ring (bicyclic) bond motifs is 1. The molecule has 162 valence electrons. The number of hydrogen-bond donors (Lipinski definition) is 3. The SMILES string of the molecule is C=C(CN(C)C)Nc1cncc(-c2ccc(NC)c(C(=C)c3cc4ncccc4[nH]3)c2)c1. The summed E-state index contributed by atoms with van der Waals surface area (Å²) in [4.78, 5) is 14.3. The predicted molar refractivity (Wildman–Crippen MR) is 135 cm³/mol. The van der Waals surface area contributed by atoms with Gasteiger partial charge in [-0.2, -0.15) is 0 Å². The maximum absolute atomic E-state index is 4.43. The fourth-order valence-electron chi connectivity index (χ4n) is 3.75. The van der Waals surface area contributed by atoms with E-state index in [0.717, 1.165) is 62.6 Å². The molecule has 0 bridgehead atoms. The van der Waals surface area contributed by atoms with Crippen LogP contribution in [0, 0.1) is 0 Å². The van der Waals surface area contributed by atoms with E-state index in [-0.39, 0.29) is 0 Å². The molecule has 0 saturated heterocycles. The Morgan fingerprint density at radius 1 is 1.06 bits per heavy atom. The van der Waals surface area contributed by atoms with Gasteiger partial charge in [-0.05, 0) is 56.1 Å². The number of nitrogens with one attached hydrogen (secondary N) is 3. The highest BCUT2D eigenvalue weighted by molar-refractivity contribution is 5.90. The molecule has 32 heavy (non-hydrogen) atoms. The van der Waals surface area contributed by atoms with Crippen LogP contribution in [0.1, 0.15) is 11.3 Å². The van der Waals surface area contributed by atoms with Crippen molar-refractivity contribution in [1.82, 2.24) is 19.9 Å². The van der Waals surface area contributed by atoms with Gasteiger partial charge in [0.1, 0.15) is 0 Å². The molecular weight excluding hydrogens is 396 g/mol. The van der Waals surface area contributed by atoms with E-state index in [1.54, 1.807) is 6.20 Å². The van der Waals surface area contributed by atoms with E-state index in [1.165, 1.54) is 0 Å². The van der Waals surface area contributed by atoms with Crippen LogP contribution in [0.2, 0.25) is 0 Å². The summed E-state index contributed by atoms with van der Waals surface area (Å²) in [7, 11) is 5.95. The lowest BCUT2D eigenvalue weighted by Gasteiger charge is -2.16. The second-order valence-corrected chi connectivity index (χ2v) is 8.04. The average molecular weight is 425 g/mol. The van der Waals surface area contributed by atoms with Crippen LogP contribution in [-0.4, -0.2) is 47.5 Å². The third-order valence-corrected chi connectivity index (χ3v) is 5.23. The van der Waals surface area contributed by atoms with E-state index < -0.39 is 0 Å². The zero-order chi connectivity index (χ0) is 22.7. The summed E-state index contributed by atoms with van der Waals surface area (Å²) < 4.78 is 0. The standard InChI is InChI=1S/C26H28N6/c1-17(16-32(4)5)30-21-11-20(14-28-15-21)19-8-9-23(27-3)22(12-19)18(2)25-13-26-24(31-25)7-6-10-29-26/h6-15,27,30-31H,1-2,16H2,3-5H3. The first-order chi connectivity index (χ1) is 15.4. The number of benzene rings is 1. The smallest absolute Gasteiger partial charge is 0.0885 e. The van der Waals surface area contributed by atoms with E-state index in [2.05, 4.69) is 67.9 Å². The van der Waals surface area contributed by atoms with Gasteiger partial charge < -0.3 is 20.5 Å². The van der Waals surface area contributed by atoms with Crippen LogP contribution in [0.15, 0.2) is 79.9 Å². The number of aromatic amines is 1. The zero-order valence-corrected chi connectivity index (χ0v) is 18.7. The van der Waals surface area contributed by atoms with Gasteiger partial charge in [-0.3, -0.25) is 9.97 Å². The summed E-state index contributed by atoms with van der Waals surface area (Å²) >= 11 is 0. The molecule has 0 saturated carbocycles. The molecule has 3 aromatic heterocycles. The lowest BCUT2D eigenvalue weighted by molar-refractivity contribution is 0.447. The summed E-state index contributed by atoms with van der Waals surface area (Å²) in [5, 5.41) is 6.62. The van der Waals surface area contributed by atoms with Gasteiger partial charge in [0.15, 0.2) is 0 Å². The Hall–Kier alpha value is -3.90. The molecule has 0 fully saturated rings. The number of anilines is 2. The normalized spacial score (nSPS) is 11.0. The Labute approximate surface area is 188 Å². The van der Waals surface area contributed by atoms with Crippen LogP contribution in [0.5, 0.6) is 0 Å². The van der Waals surface area contributed by atoms with Crippen molar-refractivity contribution in [2.24, 2.45) is 0 Å². The fraction of sp³-hybridized carbons (Fsp3) is 0.154. The quantitative estimate of drug-likeness (QED) is 0.362. The van der Waals surface area contributed by atoms with Gasteiger partial charge in [-0.15, -0.1) is 0 Å². The molecule has 0 atom stereocenters. The van der Waals surface area contributed by atoms with E-state index >= 15 is 0 Å². The summed E-state index contributed by atoms with van der Waals surface area (Å²) in [6.07, 6.45) is 5.47. The maximum atomic E-state index is 4.43. The monoisotopic (exact) mass is 424 g/mol. The van der Waals surface area contributed by atoms with Crippen molar-refractivity contribution in [2.75, 3.05) is 38.3 Å². The summed E-state index contributed by atoms with van der Waals surface area (Å²) in [5.41, 5.74) is 9.69. The van der Waals surface area contributed by atoms with E-state index in [4.69, 9.17) is 0 Å². The van der Waals surface area contributed by atoms with Crippen molar-refractivity contribution in [1.29, 1.82) is 0 Å². The third-order valence-electron chi connectivity index (χ3n) is 5.23. The van der Waals surface area contributed by atoms with E-state index in [0.29, 0.717) is 0 Å². The molecule has 3 heterocycles. The highest BCUT2D eigenvalue weighted by Gasteiger charge is 2.13. The maximum Gasteiger partial charge on any atom is 0.0885 e.